The summed E-state index contributed by atoms with van der Waals surface area (Å²) in [6.45, 7) is 0. The fourth-order valence-electron chi connectivity index (χ4n) is 0.877. The maximum Gasteiger partial charge on any atom is 0.354 e. The summed E-state index contributed by atoms with van der Waals surface area (Å²) < 4.78 is 9.65. The van der Waals surface area contributed by atoms with Crippen molar-refractivity contribution >= 4 is 17.6 Å². The molecule has 76 valence electrons. The van der Waals surface area contributed by atoms with Gasteiger partial charge >= 0.3 is 5.97 Å². The van der Waals surface area contributed by atoms with Gasteiger partial charge < -0.3 is 14.6 Å². The van der Waals surface area contributed by atoms with Crippen molar-refractivity contribution in [2.24, 2.45) is 0 Å². The van der Waals surface area contributed by atoms with Crippen LogP contribution in [0.3, 0.4) is 0 Å². The summed E-state index contributed by atoms with van der Waals surface area (Å²) in [5, 5.41) is 8.85. The number of carboxylic acids is 1. The molecule has 0 saturated carbocycles. The molecule has 0 aliphatic heterocycles. The molecule has 1 aromatic heterocycles. The van der Waals surface area contributed by atoms with Gasteiger partial charge in [0, 0.05) is 6.07 Å². The van der Waals surface area contributed by atoms with Crippen LogP contribution in [0.15, 0.2) is 6.07 Å². The van der Waals surface area contributed by atoms with Crippen molar-refractivity contribution in [3.8, 4) is 11.6 Å². The highest BCUT2D eigenvalue weighted by atomic mass is 35.5. The van der Waals surface area contributed by atoms with Crippen LogP contribution in [0.5, 0.6) is 11.6 Å². The normalized spacial score (nSPS) is 9.64. The van der Waals surface area contributed by atoms with E-state index in [0.29, 0.717) is 0 Å². The lowest BCUT2D eigenvalue weighted by atomic mass is 10.3. The van der Waals surface area contributed by atoms with Gasteiger partial charge in [0.2, 0.25) is 5.88 Å². The summed E-state index contributed by atoms with van der Waals surface area (Å²) in [6.07, 6.45) is 0. The maximum atomic E-state index is 10.6. The van der Waals surface area contributed by atoms with Crippen molar-refractivity contribution in [2.45, 2.75) is 0 Å². The van der Waals surface area contributed by atoms with Gasteiger partial charge in [-0.3, -0.25) is 0 Å². The molecule has 0 unspecified atom stereocenters. The Bertz CT molecular complexity index is 341. The van der Waals surface area contributed by atoms with E-state index >= 15 is 0 Å². The third-order valence-corrected chi connectivity index (χ3v) is 1.87. The number of hydrogen-bond donors (Lipinski definition) is 1. The number of pyridine rings is 1. The molecule has 0 bridgehead atoms. The number of halogens is 1. The summed E-state index contributed by atoms with van der Waals surface area (Å²) in [6, 6.07) is 1.23. The SMILES string of the molecule is COc1cc(C(=O)O)nc(OC)c1Cl. The van der Waals surface area contributed by atoms with Gasteiger partial charge in [0.15, 0.2) is 5.69 Å². The molecule has 0 aromatic carbocycles. The molecule has 0 atom stereocenters. The molecule has 6 heteroatoms. The number of carboxylic acid groups (broad SMARTS) is 1. The van der Waals surface area contributed by atoms with Crippen molar-refractivity contribution in [2.75, 3.05) is 14.2 Å². The highest BCUT2D eigenvalue weighted by Gasteiger charge is 2.15. The van der Waals surface area contributed by atoms with Gasteiger partial charge in [0.25, 0.3) is 0 Å². The second-order valence-corrected chi connectivity index (χ2v) is 2.72. The molecule has 0 amide bonds. The minimum Gasteiger partial charge on any atom is -0.495 e. The number of aromatic nitrogens is 1. The van der Waals surface area contributed by atoms with Gasteiger partial charge in [0.1, 0.15) is 10.8 Å². The van der Waals surface area contributed by atoms with Gasteiger partial charge in [-0.25, -0.2) is 9.78 Å². The number of hydrogen-bond acceptors (Lipinski definition) is 4. The molecule has 0 aliphatic rings. The molecule has 0 fully saturated rings. The molecule has 1 heterocycles. The molecule has 5 nitrogen and oxygen atoms in total. The van der Waals surface area contributed by atoms with Crippen LogP contribution in [-0.4, -0.2) is 30.3 Å². The third kappa shape index (κ3) is 1.88. The topological polar surface area (TPSA) is 68.7 Å². The van der Waals surface area contributed by atoms with E-state index in [1.54, 1.807) is 0 Å². The number of methoxy groups -OCH3 is 2. The number of ether oxygens (including phenoxy) is 2. The lowest BCUT2D eigenvalue weighted by Gasteiger charge is -2.07. The van der Waals surface area contributed by atoms with Crippen LogP contribution in [0.1, 0.15) is 10.5 Å². The smallest absolute Gasteiger partial charge is 0.354 e. The highest BCUT2D eigenvalue weighted by Crippen LogP contribution is 2.32. The first-order valence-electron chi connectivity index (χ1n) is 3.62. The molecule has 0 spiro atoms. The molecule has 1 N–H and O–H groups in total. The molecule has 0 radical (unpaired) electrons. The Balaban J connectivity index is 3.32. The summed E-state index contributed by atoms with van der Waals surface area (Å²) in [5.74, 6) is -0.919. The van der Waals surface area contributed by atoms with Crippen LogP contribution in [0, 0.1) is 0 Å². The zero-order valence-corrected chi connectivity index (χ0v) is 8.33. The summed E-state index contributed by atoms with van der Waals surface area (Å²) in [7, 11) is 2.73. The van der Waals surface area contributed by atoms with E-state index in [1.165, 1.54) is 20.3 Å². The second-order valence-electron chi connectivity index (χ2n) is 2.34. The first kappa shape index (κ1) is 10.6. The Morgan fingerprint density at radius 1 is 1.50 bits per heavy atom. The average Bonchev–Trinajstić information content (AvgIpc) is 2.17. The lowest BCUT2D eigenvalue weighted by molar-refractivity contribution is 0.0689. The first-order chi connectivity index (χ1) is 6.60. The summed E-state index contributed by atoms with van der Waals surface area (Å²) >= 11 is 5.78. The Labute approximate surface area is 85.2 Å². The van der Waals surface area contributed by atoms with E-state index in [0.717, 1.165) is 0 Å². The second kappa shape index (κ2) is 4.15. The zero-order valence-electron chi connectivity index (χ0n) is 7.57. The Morgan fingerprint density at radius 2 is 2.14 bits per heavy atom. The van der Waals surface area contributed by atoms with Crippen LogP contribution >= 0.6 is 11.6 Å². The fraction of sp³-hybridized carbons (Fsp3) is 0.250. The molecule has 0 aliphatic carbocycles. The van der Waals surface area contributed by atoms with E-state index in [-0.39, 0.29) is 22.3 Å². The molecular weight excluding hydrogens is 210 g/mol. The van der Waals surface area contributed by atoms with E-state index in [1.807, 2.05) is 0 Å². The van der Waals surface area contributed by atoms with Gasteiger partial charge in [-0.15, -0.1) is 0 Å². The highest BCUT2D eigenvalue weighted by molar-refractivity contribution is 6.33. The first-order valence-corrected chi connectivity index (χ1v) is 3.99. The largest absolute Gasteiger partial charge is 0.495 e. The minimum atomic E-state index is -1.17. The number of aromatic carboxylic acids is 1. The summed E-state index contributed by atoms with van der Waals surface area (Å²) in [5.41, 5.74) is -0.178. The van der Waals surface area contributed by atoms with Crippen molar-refractivity contribution in [3.63, 3.8) is 0 Å². The number of nitrogens with zero attached hydrogens (tertiary/aromatic N) is 1. The molecule has 1 rings (SSSR count). The monoisotopic (exact) mass is 217 g/mol. The van der Waals surface area contributed by atoms with E-state index in [4.69, 9.17) is 26.2 Å². The Kier molecular flexibility index (Phi) is 3.14. The molecular formula is C8H8ClNO4. The standard InChI is InChI=1S/C8H8ClNO4/c1-13-5-3-4(8(11)12)10-7(14-2)6(5)9/h3H,1-2H3,(H,11,12). The predicted octanol–water partition coefficient (Wildman–Crippen LogP) is 1.45. The van der Waals surface area contributed by atoms with Crippen LogP contribution in [0.4, 0.5) is 0 Å². The van der Waals surface area contributed by atoms with E-state index in [2.05, 4.69) is 4.98 Å². The van der Waals surface area contributed by atoms with Crippen LogP contribution in [0.25, 0.3) is 0 Å². The van der Waals surface area contributed by atoms with E-state index < -0.39 is 5.97 Å². The molecule has 1 aromatic rings. The van der Waals surface area contributed by atoms with E-state index in [9.17, 15) is 4.79 Å². The van der Waals surface area contributed by atoms with Crippen molar-refractivity contribution in [1.29, 1.82) is 0 Å². The number of carbonyl (C=O) groups is 1. The van der Waals surface area contributed by atoms with Crippen molar-refractivity contribution < 1.29 is 19.4 Å². The Morgan fingerprint density at radius 3 is 2.57 bits per heavy atom. The van der Waals surface area contributed by atoms with Gasteiger partial charge in [-0.2, -0.15) is 0 Å². The Hall–Kier alpha value is -1.49. The minimum absolute atomic E-state index is 0.0309. The quantitative estimate of drug-likeness (QED) is 0.830. The van der Waals surface area contributed by atoms with Crippen LogP contribution < -0.4 is 9.47 Å². The fourth-order valence-corrected chi connectivity index (χ4v) is 1.13. The van der Waals surface area contributed by atoms with Crippen LogP contribution in [0.2, 0.25) is 5.02 Å². The van der Waals surface area contributed by atoms with Gasteiger partial charge in [0.05, 0.1) is 14.2 Å². The van der Waals surface area contributed by atoms with Crippen molar-refractivity contribution in [3.05, 3.63) is 16.8 Å². The van der Waals surface area contributed by atoms with Crippen LogP contribution in [-0.2, 0) is 0 Å². The predicted molar refractivity (Wildman–Crippen MR) is 49.3 cm³/mol. The lowest BCUT2D eigenvalue weighted by Crippen LogP contribution is -2.03. The molecule has 14 heavy (non-hydrogen) atoms. The zero-order chi connectivity index (χ0) is 10.7. The van der Waals surface area contributed by atoms with Gasteiger partial charge in [-0.1, -0.05) is 11.6 Å². The molecule has 0 saturated heterocycles. The average molecular weight is 218 g/mol. The number of rotatable bonds is 3. The van der Waals surface area contributed by atoms with Crippen molar-refractivity contribution in [1.82, 2.24) is 4.98 Å². The third-order valence-electron chi connectivity index (χ3n) is 1.53. The summed E-state index contributed by atoms with van der Waals surface area (Å²) in [4.78, 5) is 14.3. The van der Waals surface area contributed by atoms with Gasteiger partial charge in [-0.05, 0) is 0 Å². The maximum absolute atomic E-state index is 10.6.